The van der Waals surface area contributed by atoms with Crippen LogP contribution in [0.4, 0.5) is 0 Å². The summed E-state index contributed by atoms with van der Waals surface area (Å²) >= 11 is 4.96. The molecule has 1 aromatic rings. The van der Waals surface area contributed by atoms with Gasteiger partial charge in [0.05, 0.1) is 13.3 Å². The molecule has 0 aliphatic rings. The molecule has 0 aliphatic heterocycles. The first-order valence-electron chi connectivity index (χ1n) is 6.02. The van der Waals surface area contributed by atoms with Crippen LogP contribution in [0.5, 0.6) is 5.75 Å². The Balaban J connectivity index is 2.44. The van der Waals surface area contributed by atoms with Gasteiger partial charge >= 0.3 is 5.97 Å². The van der Waals surface area contributed by atoms with Crippen molar-refractivity contribution in [1.29, 1.82) is 0 Å². The van der Waals surface area contributed by atoms with Crippen LogP contribution in [0, 0.1) is 0 Å². The Morgan fingerprint density at radius 1 is 1.40 bits per heavy atom. The van der Waals surface area contributed by atoms with Crippen LogP contribution in [0.1, 0.15) is 12.5 Å². The predicted octanol–water partition coefficient (Wildman–Crippen LogP) is 1.06. The molecule has 0 amide bonds. The molecule has 0 spiro atoms. The molecule has 0 aliphatic carbocycles. The number of ether oxygens (including phenoxy) is 2. The van der Waals surface area contributed by atoms with Crippen molar-refractivity contribution in [1.82, 2.24) is 10.7 Å². The fourth-order valence-electron chi connectivity index (χ4n) is 1.22. The second-order valence-electron chi connectivity index (χ2n) is 3.66. The normalized spacial score (nSPS) is 10.1. The van der Waals surface area contributed by atoms with E-state index in [-0.39, 0.29) is 6.61 Å². The third kappa shape index (κ3) is 6.14. The van der Waals surface area contributed by atoms with Gasteiger partial charge in [-0.25, -0.2) is 4.79 Å². The summed E-state index contributed by atoms with van der Waals surface area (Å²) in [6.07, 6.45) is 1.63. The molecule has 1 rings (SSSR count). The highest BCUT2D eigenvalue weighted by Gasteiger charge is 2.01. The molecule has 0 bridgehead atoms. The smallest absolute Gasteiger partial charge is 0.343 e. The van der Waals surface area contributed by atoms with Gasteiger partial charge in [0.15, 0.2) is 11.7 Å². The Hall–Kier alpha value is -2.15. The minimum absolute atomic E-state index is 0.109. The van der Waals surface area contributed by atoms with Gasteiger partial charge in [0, 0.05) is 6.54 Å². The van der Waals surface area contributed by atoms with E-state index in [2.05, 4.69) is 20.6 Å². The van der Waals surface area contributed by atoms with E-state index in [9.17, 15) is 4.79 Å². The van der Waals surface area contributed by atoms with Gasteiger partial charge in [0.2, 0.25) is 0 Å². The van der Waals surface area contributed by atoms with E-state index in [1.165, 1.54) is 7.11 Å². The Labute approximate surface area is 123 Å². The lowest BCUT2D eigenvalue weighted by Crippen LogP contribution is -2.31. The fraction of sp³-hybridized carbons (Fsp3) is 0.308. The number of carbonyl (C=O) groups is 1. The largest absolute Gasteiger partial charge is 0.482 e. The van der Waals surface area contributed by atoms with Crippen LogP contribution in [0.3, 0.4) is 0 Å². The number of esters is 1. The van der Waals surface area contributed by atoms with Gasteiger partial charge in [-0.2, -0.15) is 5.10 Å². The average Bonchev–Trinajstić information content (AvgIpc) is 2.46. The molecule has 0 fully saturated rings. The maximum Gasteiger partial charge on any atom is 0.343 e. The van der Waals surface area contributed by atoms with Crippen LogP contribution in [-0.4, -0.2) is 37.6 Å². The van der Waals surface area contributed by atoms with Crippen molar-refractivity contribution in [3.05, 3.63) is 29.8 Å². The number of nitrogens with one attached hydrogen (secondary N) is 2. The Bertz CT molecular complexity index is 474. The van der Waals surface area contributed by atoms with Gasteiger partial charge in [-0.1, -0.05) is 0 Å². The van der Waals surface area contributed by atoms with E-state index in [1.54, 1.807) is 18.3 Å². The zero-order valence-corrected chi connectivity index (χ0v) is 12.2. The Morgan fingerprint density at radius 2 is 2.10 bits per heavy atom. The first-order valence-corrected chi connectivity index (χ1v) is 6.43. The van der Waals surface area contributed by atoms with E-state index < -0.39 is 5.97 Å². The van der Waals surface area contributed by atoms with E-state index in [1.807, 2.05) is 19.1 Å². The summed E-state index contributed by atoms with van der Waals surface area (Å²) in [7, 11) is 1.32. The standard InChI is InChI=1S/C13H17N3O3S/c1-3-14-13(20)16-15-8-10-4-6-11(7-5-10)19-9-12(17)18-2/h4-8H,3,9H2,1-2H3,(H2,14,16,20)/b15-8-. The quantitative estimate of drug-likeness (QED) is 0.354. The van der Waals surface area contributed by atoms with Gasteiger partial charge in [-0.3, -0.25) is 5.43 Å². The summed E-state index contributed by atoms with van der Waals surface area (Å²) in [5.74, 6) is 0.167. The Kier molecular flexibility index (Phi) is 7.05. The maximum atomic E-state index is 10.9. The zero-order valence-electron chi connectivity index (χ0n) is 11.4. The molecule has 7 heteroatoms. The zero-order chi connectivity index (χ0) is 14.8. The van der Waals surface area contributed by atoms with Crippen molar-refractivity contribution in [3.63, 3.8) is 0 Å². The van der Waals surface area contributed by atoms with Gasteiger partial charge in [0.25, 0.3) is 0 Å². The third-order valence-electron chi connectivity index (χ3n) is 2.18. The first-order chi connectivity index (χ1) is 9.65. The number of thiocarbonyl (C=S) groups is 1. The lowest BCUT2D eigenvalue weighted by Gasteiger charge is -2.05. The molecule has 0 atom stereocenters. The highest BCUT2D eigenvalue weighted by molar-refractivity contribution is 7.80. The number of rotatable bonds is 6. The van der Waals surface area contributed by atoms with Gasteiger partial charge in [-0.05, 0) is 49.0 Å². The summed E-state index contributed by atoms with van der Waals surface area (Å²) in [5, 5.41) is 7.37. The van der Waals surface area contributed by atoms with Crippen LogP contribution in [0.15, 0.2) is 29.4 Å². The molecule has 1 aromatic carbocycles. The molecular weight excluding hydrogens is 278 g/mol. The molecular formula is C13H17N3O3S. The minimum atomic E-state index is -0.420. The highest BCUT2D eigenvalue weighted by Crippen LogP contribution is 2.10. The molecule has 0 aromatic heterocycles. The summed E-state index contributed by atoms with van der Waals surface area (Å²) < 4.78 is 9.70. The molecule has 0 unspecified atom stereocenters. The van der Waals surface area contributed by atoms with Crippen molar-refractivity contribution in [2.24, 2.45) is 5.10 Å². The van der Waals surface area contributed by atoms with Crippen molar-refractivity contribution >= 4 is 29.5 Å². The van der Waals surface area contributed by atoms with Gasteiger partial charge in [0.1, 0.15) is 5.75 Å². The average molecular weight is 295 g/mol. The number of methoxy groups -OCH3 is 1. The molecule has 2 N–H and O–H groups in total. The van der Waals surface area contributed by atoms with Crippen molar-refractivity contribution in [2.45, 2.75) is 6.92 Å². The highest BCUT2D eigenvalue weighted by atomic mass is 32.1. The number of hydrogen-bond acceptors (Lipinski definition) is 5. The lowest BCUT2D eigenvalue weighted by atomic mass is 10.2. The molecule has 0 heterocycles. The Morgan fingerprint density at radius 3 is 2.70 bits per heavy atom. The minimum Gasteiger partial charge on any atom is -0.482 e. The van der Waals surface area contributed by atoms with Gasteiger partial charge in [-0.15, -0.1) is 0 Å². The predicted molar refractivity (Wildman–Crippen MR) is 81.0 cm³/mol. The van der Waals surface area contributed by atoms with E-state index in [0.29, 0.717) is 10.9 Å². The second kappa shape index (κ2) is 8.87. The van der Waals surface area contributed by atoms with Crippen molar-refractivity contribution in [2.75, 3.05) is 20.3 Å². The SMILES string of the molecule is CCNC(=S)N/N=C\c1ccc(OCC(=O)OC)cc1. The van der Waals surface area contributed by atoms with E-state index >= 15 is 0 Å². The first kappa shape index (κ1) is 15.9. The third-order valence-corrected chi connectivity index (χ3v) is 2.42. The summed E-state index contributed by atoms with van der Waals surface area (Å²) in [5.41, 5.74) is 3.57. The van der Waals surface area contributed by atoms with Crippen LogP contribution >= 0.6 is 12.2 Å². The molecule has 6 nitrogen and oxygen atoms in total. The summed E-state index contributed by atoms with van der Waals surface area (Å²) in [4.78, 5) is 10.9. The molecule has 0 radical (unpaired) electrons. The molecule has 108 valence electrons. The van der Waals surface area contributed by atoms with Crippen molar-refractivity contribution in [3.8, 4) is 5.75 Å². The number of nitrogens with zero attached hydrogens (tertiary/aromatic N) is 1. The van der Waals surface area contributed by atoms with Gasteiger partial charge < -0.3 is 14.8 Å². The molecule has 20 heavy (non-hydrogen) atoms. The number of hydrazone groups is 1. The topological polar surface area (TPSA) is 72.0 Å². The number of carbonyl (C=O) groups excluding carboxylic acids is 1. The number of benzene rings is 1. The molecule has 0 saturated carbocycles. The monoisotopic (exact) mass is 295 g/mol. The van der Waals surface area contributed by atoms with E-state index in [4.69, 9.17) is 17.0 Å². The summed E-state index contributed by atoms with van der Waals surface area (Å²) in [6.45, 7) is 2.58. The van der Waals surface area contributed by atoms with Crippen LogP contribution in [0.2, 0.25) is 0 Å². The second-order valence-corrected chi connectivity index (χ2v) is 4.07. The lowest BCUT2D eigenvalue weighted by molar-refractivity contribution is -0.142. The van der Waals surface area contributed by atoms with Crippen LogP contribution in [0.25, 0.3) is 0 Å². The number of hydrogen-bond donors (Lipinski definition) is 2. The van der Waals surface area contributed by atoms with Crippen LogP contribution < -0.4 is 15.5 Å². The molecule has 0 saturated heterocycles. The fourth-order valence-corrected chi connectivity index (χ4v) is 1.41. The van der Waals surface area contributed by atoms with Crippen LogP contribution in [-0.2, 0) is 9.53 Å². The summed E-state index contributed by atoms with van der Waals surface area (Å²) in [6, 6.07) is 7.11. The van der Waals surface area contributed by atoms with E-state index in [0.717, 1.165) is 12.1 Å². The maximum absolute atomic E-state index is 10.9. The van der Waals surface area contributed by atoms with Crippen molar-refractivity contribution < 1.29 is 14.3 Å².